The third-order valence-electron chi connectivity index (χ3n) is 13.4. The Kier molecular flexibility index (Phi) is 6.86. The van der Waals surface area contributed by atoms with Crippen LogP contribution in [-0.2, 0) is 0 Å². The van der Waals surface area contributed by atoms with E-state index in [9.17, 15) is 0 Å². The third-order valence-corrected chi connectivity index (χ3v) is 13.4. The summed E-state index contributed by atoms with van der Waals surface area (Å²) < 4.78 is 12.6. The van der Waals surface area contributed by atoms with Gasteiger partial charge in [0.25, 0.3) is 0 Å². The van der Waals surface area contributed by atoms with Crippen molar-refractivity contribution < 1.29 is 8.83 Å². The largest absolute Gasteiger partial charge is 0.456 e. The van der Waals surface area contributed by atoms with Crippen molar-refractivity contribution in [1.29, 1.82) is 0 Å². The number of benzene rings is 11. The maximum atomic E-state index is 6.33. The molecule has 13 aromatic rings. The monoisotopic (exact) mass is 786 g/mol. The number of rotatable bonds is 2. The summed E-state index contributed by atoms with van der Waals surface area (Å²) in [5.41, 5.74) is 18.0. The summed E-state index contributed by atoms with van der Waals surface area (Å²) >= 11 is 0. The SMILES string of the molecule is c1ccc2c(c1)-c1cc(-c3ccc4oc5ccccc5c4c3)ccc1-c1cc3c4ccccc4c4ccccc4c3cc1-c1c(-c3ccc4oc5ccccc5c4c3)cccc1-2. The van der Waals surface area contributed by atoms with Crippen LogP contribution in [0.25, 0.3) is 143 Å². The zero-order valence-electron chi connectivity index (χ0n) is 33.4. The predicted molar refractivity (Wildman–Crippen MR) is 260 cm³/mol. The van der Waals surface area contributed by atoms with Crippen molar-refractivity contribution in [2.75, 3.05) is 0 Å². The average Bonchev–Trinajstić information content (AvgIpc) is 3.91. The van der Waals surface area contributed by atoms with Crippen LogP contribution in [0.4, 0.5) is 0 Å². The molecule has 0 spiro atoms. The van der Waals surface area contributed by atoms with Crippen LogP contribution in [0.3, 0.4) is 0 Å². The van der Waals surface area contributed by atoms with Gasteiger partial charge in [0.2, 0.25) is 0 Å². The quantitative estimate of drug-likeness (QED) is 0.163. The lowest BCUT2D eigenvalue weighted by Gasteiger charge is -2.26. The van der Waals surface area contributed by atoms with E-state index in [-0.39, 0.29) is 0 Å². The molecule has 0 saturated heterocycles. The van der Waals surface area contributed by atoms with Crippen LogP contribution in [0.15, 0.2) is 215 Å². The number of para-hydroxylation sites is 2. The topological polar surface area (TPSA) is 26.3 Å². The van der Waals surface area contributed by atoms with Gasteiger partial charge in [-0.25, -0.2) is 0 Å². The molecule has 0 amide bonds. The van der Waals surface area contributed by atoms with Crippen molar-refractivity contribution in [3.8, 4) is 66.8 Å². The smallest absolute Gasteiger partial charge is 0.135 e. The molecule has 62 heavy (non-hydrogen) atoms. The summed E-state index contributed by atoms with van der Waals surface area (Å²) in [6, 6.07) is 75.7. The molecule has 0 radical (unpaired) electrons. The molecule has 2 heterocycles. The Morgan fingerprint density at radius 1 is 0.194 bits per heavy atom. The van der Waals surface area contributed by atoms with Crippen molar-refractivity contribution in [3.63, 3.8) is 0 Å². The van der Waals surface area contributed by atoms with Gasteiger partial charge in [0.1, 0.15) is 22.3 Å². The fraction of sp³-hybridized carbons (Fsp3) is 0. The van der Waals surface area contributed by atoms with E-state index in [1.54, 1.807) is 0 Å². The molecular weight excluding hydrogens is 753 g/mol. The van der Waals surface area contributed by atoms with Crippen LogP contribution >= 0.6 is 0 Å². The van der Waals surface area contributed by atoms with Gasteiger partial charge in [-0.3, -0.25) is 0 Å². The summed E-state index contributed by atoms with van der Waals surface area (Å²) in [7, 11) is 0. The van der Waals surface area contributed by atoms with E-state index in [0.29, 0.717) is 0 Å². The zero-order chi connectivity index (χ0) is 40.5. The first-order chi connectivity index (χ1) is 30.7. The Bertz CT molecular complexity index is 4020. The Hall–Kier alpha value is -8.20. The van der Waals surface area contributed by atoms with Gasteiger partial charge in [-0.05, 0) is 154 Å². The molecule has 0 unspecified atom stereocenters. The average molecular weight is 787 g/mol. The molecule has 2 heteroatoms. The van der Waals surface area contributed by atoms with Gasteiger partial charge in [0.05, 0.1) is 0 Å². The van der Waals surface area contributed by atoms with E-state index in [2.05, 4.69) is 188 Å². The van der Waals surface area contributed by atoms with Crippen LogP contribution < -0.4 is 0 Å². The number of fused-ring (bicyclic) bond motifs is 20. The lowest BCUT2D eigenvalue weighted by atomic mass is 9.76. The molecule has 2 aromatic heterocycles. The maximum absolute atomic E-state index is 6.33. The Balaban J connectivity index is 1.10. The van der Waals surface area contributed by atoms with Crippen LogP contribution in [0, 0.1) is 0 Å². The molecule has 1 aliphatic carbocycles. The predicted octanol–water partition coefficient (Wildman–Crippen LogP) is 17.3. The molecule has 0 saturated carbocycles. The summed E-state index contributed by atoms with van der Waals surface area (Å²) in [5, 5.41) is 12.1. The minimum Gasteiger partial charge on any atom is -0.456 e. The first-order valence-corrected chi connectivity index (χ1v) is 21.3. The molecule has 286 valence electrons. The summed E-state index contributed by atoms with van der Waals surface area (Å²) in [6.45, 7) is 0. The molecule has 14 rings (SSSR count). The van der Waals surface area contributed by atoms with Gasteiger partial charge in [0.15, 0.2) is 0 Å². The van der Waals surface area contributed by atoms with E-state index in [0.717, 1.165) is 55.0 Å². The first kappa shape index (κ1) is 33.6. The Morgan fingerprint density at radius 3 is 1.24 bits per heavy atom. The molecule has 1 aliphatic rings. The second-order valence-corrected chi connectivity index (χ2v) is 16.7. The number of furan rings is 2. The van der Waals surface area contributed by atoms with Gasteiger partial charge in [0, 0.05) is 21.5 Å². The highest BCUT2D eigenvalue weighted by molar-refractivity contribution is 6.27. The molecular formula is C60H34O2. The van der Waals surface area contributed by atoms with Crippen LogP contribution in [0.2, 0.25) is 0 Å². The number of hydrogen-bond donors (Lipinski definition) is 0. The maximum Gasteiger partial charge on any atom is 0.135 e. The zero-order valence-corrected chi connectivity index (χ0v) is 33.4. The Morgan fingerprint density at radius 2 is 0.597 bits per heavy atom. The van der Waals surface area contributed by atoms with E-state index in [4.69, 9.17) is 8.83 Å². The molecule has 2 nitrogen and oxygen atoms in total. The second-order valence-electron chi connectivity index (χ2n) is 16.7. The third kappa shape index (κ3) is 4.75. The van der Waals surface area contributed by atoms with Gasteiger partial charge >= 0.3 is 0 Å². The van der Waals surface area contributed by atoms with E-state index >= 15 is 0 Å². The van der Waals surface area contributed by atoms with Gasteiger partial charge in [-0.2, -0.15) is 0 Å². The molecule has 0 N–H and O–H groups in total. The fourth-order valence-corrected chi connectivity index (χ4v) is 10.6. The van der Waals surface area contributed by atoms with E-state index < -0.39 is 0 Å². The van der Waals surface area contributed by atoms with Crippen LogP contribution in [-0.4, -0.2) is 0 Å². The highest BCUT2D eigenvalue weighted by Crippen LogP contribution is 2.53. The van der Waals surface area contributed by atoms with Gasteiger partial charge in [-0.1, -0.05) is 152 Å². The summed E-state index contributed by atoms with van der Waals surface area (Å²) in [4.78, 5) is 0. The lowest BCUT2D eigenvalue weighted by molar-refractivity contribution is 0.668. The highest BCUT2D eigenvalue weighted by Gasteiger charge is 2.27. The van der Waals surface area contributed by atoms with E-state index in [1.165, 1.54) is 88.0 Å². The van der Waals surface area contributed by atoms with Crippen molar-refractivity contribution in [2.45, 2.75) is 0 Å². The first-order valence-electron chi connectivity index (χ1n) is 21.3. The normalized spacial score (nSPS) is 12.2. The molecule has 0 bridgehead atoms. The second kappa shape index (κ2) is 12.7. The minimum absolute atomic E-state index is 0.897. The summed E-state index contributed by atoms with van der Waals surface area (Å²) in [6.07, 6.45) is 0. The van der Waals surface area contributed by atoms with Crippen molar-refractivity contribution in [3.05, 3.63) is 206 Å². The highest BCUT2D eigenvalue weighted by atomic mass is 16.3. The van der Waals surface area contributed by atoms with Crippen LogP contribution in [0.5, 0.6) is 0 Å². The van der Waals surface area contributed by atoms with Gasteiger partial charge in [-0.15, -0.1) is 0 Å². The molecule has 0 aliphatic heterocycles. The van der Waals surface area contributed by atoms with Crippen molar-refractivity contribution in [1.82, 2.24) is 0 Å². The lowest BCUT2D eigenvalue weighted by Crippen LogP contribution is -2.00. The summed E-state index contributed by atoms with van der Waals surface area (Å²) in [5.74, 6) is 0. The van der Waals surface area contributed by atoms with E-state index in [1.807, 2.05) is 18.2 Å². The molecule has 11 aromatic carbocycles. The standard InChI is InChI=1S/C60H34O2/c1-4-15-42-39(12-1)40-13-2-5-16-43(40)51-34-55-52(33-50(42)51)45-27-24-35(36-25-28-58-53(31-36)46-18-7-9-22-56(46)61-58)30-49(45)44-17-6-3-14-41(44)48-21-11-20-38(60(48)55)37-26-29-59-54(32-37)47-19-8-10-23-57(47)62-59/h1-34H. The van der Waals surface area contributed by atoms with Crippen molar-refractivity contribution in [2.24, 2.45) is 0 Å². The fourth-order valence-electron chi connectivity index (χ4n) is 10.6. The van der Waals surface area contributed by atoms with Crippen molar-refractivity contribution >= 4 is 76.2 Å². The molecule has 0 fully saturated rings. The van der Waals surface area contributed by atoms with Gasteiger partial charge < -0.3 is 8.83 Å². The Labute approximate surface area is 356 Å². The van der Waals surface area contributed by atoms with Crippen LogP contribution in [0.1, 0.15) is 0 Å². The minimum atomic E-state index is 0.897. The molecule has 0 atom stereocenters. The number of hydrogen-bond acceptors (Lipinski definition) is 2.